The number of nitrogens with two attached hydrogens (primary N) is 1. The molecule has 0 fully saturated rings. The molecule has 0 amide bonds. The number of hydrogen-bond donors (Lipinski definition) is 2. The number of anilines is 3. The summed E-state index contributed by atoms with van der Waals surface area (Å²) in [4.78, 5) is 0. The quantitative estimate of drug-likeness (QED) is 0.862. The zero-order chi connectivity index (χ0) is 14.2. The van der Waals surface area contributed by atoms with E-state index >= 15 is 0 Å². The lowest BCUT2D eigenvalue weighted by atomic mass is 10.3. The molecule has 102 valence electrons. The van der Waals surface area contributed by atoms with Crippen LogP contribution in [0, 0.1) is 6.92 Å². The zero-order valence-corrected chi connectivity index (χ0v) is 13.4. The fourth-order valence-electron chi connectivity index (χ4n) is 1.79. The van der Waals surface area contributed by atoms with E-state index in [0.717, 1.165) is 21.7 Å². The molecule has 0 saturated heterocycles. The first-order chi connectivity index (χ1) is 8.91. The summed E-state index contributed by atoms with van der Waals surface area (Å²) in [5, 5.41) is 8.38. The Bertz CT molecular complexity index is 607. The molecule has 1 heterocycles. The number of aromatic nitrogens is 2. The molecule has 0 aliphatic carbocycles. The molecule has 0 radical (unpaired) electrons. The van der Waals surface area contributed by atoms with Crippen LogP contribution in [0.4, 0.5) is 17.2 Å². The summed E-state index contributed by atoms with van der Waals surface area (Å²) in [6.07, 6.45) is 0. The molecule has 0 saturated carbocycles. The van der Waals surface area contributed by atoms with Gasteiger partial charge >= 0.3 is 0 Å². The van der Waals surface area contributed by atoms with E-state index in [2.05, 4.69) is 40.2 Å². The summed E-state index contributed by atoms with van der Waals surface area (Å²) >= 11 is 9.55. The molecular formula is C13H16BrClN4. The van der Waals surface area contributed by atoms with Gasteiger partial charge < -0.3 is 11.1 Å². The van der Waals surface area contributed by atoms with E-state index in [0.29, 0.717) is 10.7 Å². The second-order valence-electron chi connectivity index (χ2n) is 4.61. The minimum absolute atomic E-state index is 0.219. The molecule has 2 aromatic rings. The highest BCUT2D eigenvalue weighted by molar-refractivity contribution is 9.10. The predicted octanol–water partition coefficient (Wildman–Crippen LogP) is 4.51. The Kier molecular flexibility index (Phi) is 4.06. The second kappa shape index (κ2) is 5.43. The second-order valence-corrected chi connectivity index (χ2v) is 5.81. The molecule has 0 aliphatic heterocycles. The van der Waals surface area contributed by atoms with Gasteiger partial charge in [-0.1, -0.05) is 17.7 Å². The lowest BCUT2D eigenvalue weighted by molar-refractivity contribution is 0.536. The molecule has 3 N–H and O–H groups in total. The zero-order valence-electron chi connectivity index (χ0n) is 11.0. The number of nitrogen functional groups attached to an aromatic ring is 1. The standard InChI is InChI=1S/C13H16BrClN4/c1-7(2)19-13(12(16)8(3)18-19)17-10-6-4-5-9(15)11(10)14/h4-7,17H,16H2,1-3H3. The monoisotopic (exact) mass is 342 g/mol. The number of benzene rings is 1. The Morgan fingerprint density at radius 2 is 2.11 bits per heavy atom. The van der Waals surface area contributed by atoms with Crippen LogP contribution < -0.4 is 11.1 Å². The number of rotatable bonds is 3. The number of nitrogens with zero attached hydrogens (tertiary/aromatic N) is 2. The van der Waals surface area contributed by atoms with Gasteiger partial charge in [-0.05, 0) is 48.8 Å². The van der Waals surface area contributed by atoms with Crippen LogP contribution in [0.1, 0.15) is 25.6 Å². The molecule has 1 aromatic heterocycles. The minimum Gasteiger partial charge on any atom is -0.394 e. The third-order valence-corrected chi connectivity index (χ3v) is 4.22. The van der Waals surface area contributed by atoms with Crippen molar-refractivity contribution in [1.82, 2.24) is 9.78 Å². The average Bonchev–Trinajstić information content (AvgIpc) is 2.63. The lowest BCUT2D eigenvalue weighted by Gasteiger charge is -2.14. The van der Waals surface area contributed by atoms with Gasteiger partial charge in [0.25, 0.3) is 0 Å². The fourth-order valence-corrected chi connectivity index (χ4v) is 2.32. The van der Waals surface area contributed by atoms with Crippen LogP contribution in [-0.4, -0.2) is 9.78 Å². The van der Waals surface area contributed by atoms with E-state index < -0.39 is 0 Å². The van der Waals surface area contributed by atoms with Crippen LogP contribution in [0.2, 0.25) is 5.02 Å². The van der Waals surface area contributed by atoms with Crippen LogP contribution in [0.15, 0.2) is 22.7 Å². The van der Waals surface area contributed by atoms with Crippen molar-refractivity contribution >= 4 is 44.7 Å². The van der Waals surface area contributed by atoms with E-state index in [9.17, 15) is 0 Å². The highest BCUT2D eigenvalue weighted by Crippen LogP contribution is 2.35. The third-order valence-electron chi connectivity index (χ3n) is 2.83. The lowest BCUT2D eigenvalue weighted by Crippen LogP contribution is -2.08. The maximum atomic E-state index is 6.09. The van der Waals surface area contributed by atoms with E-state index in [4.69, 9.17) is 17.3 Å². The van der Waals surface area contributed by atoms with Crippen molar-refractivity contribution in [2.24, 2.45) is 0 Å². The van der Waals surface area contributed by atoms with Crippen molar-refractivity contribution in [3.05, 3.63) is 33.4 Å². The van der Waals surface area contributed by atoms with Gasteiger partial charge in [0.2, 0.25) is 0 Å². The Labute approximate surface area is 126 Å². The van der Waals surface area contributed by atoms with E-state index in [-0.39, 0.29) is 6.04 Å². The van der Waals surface area contributed by atoms with Crippen LogP contribution >= 0.6 is 27.5 Å². The van der Waals surface area contributed by atoms with Crippen molar-refractivity contribution in [3.63, 3.8) is 0 Å². The molecule has 6 heteroatoms. The first kappa shape index (κ1) is 14.2. The smallest absolute Gasteiger partial charge is 0.152 e. The van der Waals surface area contributed by atoms with Crippen molar-refractivity contribution in [2.45, 2.75) is 26.8 Å². The van der Waals surface area contributed by atoms with E-state index in [1.807, 2.05) is 29.8 Å². The number of aryl methyl sites for hydroxylation is 1. The highest BCUT2D eigenvalue weighted by atomic mass is 79.9. The van der Waals surface area contributed by atoms with Gasteiger partial charge in [0.05, 0.1) is 26.6 Å². The SMILES string of the molecule is Cc1nn(C(C)C)c(Nc2cccc(Cl)c2Br)c1N. The molecule has 0 spiro atoms. The summed E-state index contributed by atoms with van der Waals surface area (Å²) in [7, 11) is 0. The van der Waals surface area contributed by atoms with Crippen LogP contribution in [0.25, 0.3) is 0 Å². The van der Waals surface area contributed by atoms with E-state index in [1.54, 1.807) is 0 Å². The summed E-state index contributed by atoms with van der Waals surface area (Å²) in [5.74, 6) is 0.787. The van der Waals surface area contributed by atoms with Crippen molar-refractivity contribution in [1.29, 1.82) is 0 Å². The van der Waals surface area contributed by atoms with Gasteiger partial charge in [-0.25, -0.2) is 4.68 Å². The summed E-state index contributed by atoms with van der Waals surface area (Å²) in [6.45, 7) is 6.01. The van der Waals surface area contributed by atoms with Gasteiger partial charge in [0.15, 0.2) is 5.82 Å². The molecular weight excluding hydrogens is 328 g/mol. The van der Waals surface area contributed by atoms with Gasteiger partial charge in [-0.15, -0.1) is 0 Å². The van der Waals surface area contributed by atoms with Crippen LogP contribution in [0.3, 0.4) is 0 Å². The minimum atomic E-state index is 0.219. The molecule has 0 bridgehead atoms. The fraction of sp³-hybridized carbons (Fsp3) is 0.308. The molecule has 0 unspecified atom stereocenters. The topological polar surface area (TPSA) is 55.9 Å². The number of halogens is 2. The van der Waals surface area contributed by atoms with Gasteiger partial charge in [-0.3, -0.25) is 0 Å². The molecule has 0 aliphatic rings. The van der Waals surface area contributed by atoms with Gasteiger partial charge in [0, 0.05) is 6.04 Å². The Balaban J connectivity index is 2.46. The average molecular weight is 344 g/mol. The van der Waals surface area contributed by atoms with Crippen LogP contribution in [0.5, 0.6) is 0 Å². The molecule has 4 nitrogen and oxygen atoms in total. The molecule has 1 aromatic carbocycles. The number of nitrogens with one attached hydrogen (secondary N) is 1. The van der Waals surface area contributed by atoms with E-state index in [1.165, 1.54) is 0 Å². The Hall–Kier alpha value is -1.20. The molecule has 2 rings (SSSR count). The predicted molar refractivity (Wildman–Crippen MR) is 84.2 cm³/mol. The van der Waals surface area contributed by atoms with Crippen LogP contribution in [-0.2, 0) is 0 Å². The number of hydrogen-bond acceptors (Lipinski definition) is 3. The first-order valence-corrected chi connectivity index (χ1v) is 7.14. The third kappa shape index (κ3) is 2.72. The highest BCUT2D eigenvalue weighted by Gasteiger charge is 2.16. The first-order valence-electron chi connectivity index (χ1n) is 5.97. The van der Waals surface area contributed by atoms with Crippen molar-refractivity contribution < 1.29 is 0 Å². The van der Waals surface area contributed by atoms with Crippen molar-refractivity contribution in [2.75, 3.05) is 11.1 Å². The van der Waals surface area contributed by atoms with Crippen molar-refractivity contribution in [3.8, 4) is 0 Å². The van der Waals surface area contributed by atoms with Gasteiger partial charge in [0.1, 0.15) is 0 Å². The summed E-state index contributed by atoms with van der Waals surface area (Å²) in [6, 6.07) is 5.86. The summed E-state index contributed by atoms with van der Waals surface area (Å²) < 4.78 is 2.68. The maximum absolute atomic E-state index is 6.09. The normalized spacial score (nSPS) is 11.1. The Morgan fingerprint density at radius 3 is 2.74 bits per heavy atom. The molecule has 0 atom stereocenters. The van der Waals surface area contributed by atoms with Gasteiger partial charge in [-0.2, -0.15) is 5.10 Å². The Morgan fingerprint density at radius 1 is 1.42 bits per heavy atom. The summed E-state index contributed by atoms with van der Waals surface area (Å²) in [5.41, 5.74) is 8.41. The molecule has 19 heavy (non-hydrogen) atoms. The largest absolute Gasteiger partial charge is 0.394 e. The maximum Gasteiger partial charge on any atom is 0.152 e.